The molecule has 1 fully saturated rings. The molecule has 0 atom stereocenters. The fourth-order valence-electron chi connectivity index (χ4n) is 4.59. The average Bonchev–Trinajstić information content (AvgIpc) is 3.41. The van der Waals surface area contributed by atoms with Gasteiger partial charge < -0.3 is 9.42 Å². The molecule has 160 valence electrons. The summed E-state index contributed by atoms with van der Waals surface area (Å²) in [7, 11) is 0. The number of carbonyl (C=O) groups is 2. The molecule has 2 amide bonds. The minimum Gasteiger partial charge on any atom is -0.361 e. The van der Waals surface area contributed by atoms with Gasteiger partial charge >= 0.3 is 0 Å². The van der Waals surface area contributed by atoms with Crippen molar-refractivity contribution in [2.75, 3.05) is 18.0 Å². The lowest BCUT2D eigenvalue weighted by Gasteiger charge is -2.46. The van der Waals surface area contributed by atoms with E-state index in [0.717, 1.165) is 5.82 Å². The van der Waals surface area contributed by atoms with Gasteiger partial charge in [0, 0.05) is 25.2 Å². The van der Waals surface area contributed by atoms with E-state index in [4.69, 9.17) is 16.1 Å². The van der Waals surface area contributed by atoms with Crippen molar-refractivity contribution in [2.24, 2.45) is 0 Å². The zero-order chi connectivity index (χ0) is 21.6. The van der Waals surface area contributed by atoms with Crippen LogP contribution in [-0.2, 0) is 16.9 Å². The zero-order valence-corrected chi connectivity index (χ0v) is 17.9. The first kappa shape index (κ1) is 19.8. The Morgan fingerprint density at radius 2 is 2.00 bits per heavy atom. The first-order chi connectivity index (χ1) is 15.0. The van der Waals surface area contributed by atoms with Crippen LogP contribution in [-0.4, -0.2) is 44.7 Å². The fourth-order valence-corrected chi connectivity index (χ4v) is 4.81. The van der Waals surface area contributed by atoms with Crippen LogP contribution in [0.3, 0.4) is 0 Å². The molecule has 0 N–H and O–H groups in total. The van der Waals surface area contributed by atoms with Crippen LogP contribution in [0.15, 0.2) is 47.1 Å². The van der Waals surface area contributed by atoms with Gasteiger partial charge in [0.25, 0.3) is 5.91 Å². The van der Waals surface area contributed by atoms with Gasteiger partial charge in [0.1, 0.15) is 17.3 Å². The number of fused-ring (bicyclic) bond motifs is 2. The Labute approximate surface area is 184 Å². The standard InChI is InChI=1S/C22H22ClN5O3/c1-15-12-16(25-31-15)14-27-19-6-9-24-28(19)22(13-20(27)29)7-10-26(11-8-22)21(30)17-4-2-3-5-18(17)23/h2-6,9,12H,7-8,10-11,13-14H2,1H3. The highest BCUT2D eigenvalue weighted by atomic mass is 35.5. The third-order valence-electron chi connectivity index (χ3n) is 6.21. The lowest BCUT2D eigenvalue weighted by molar-refractivity contribution is -0.123. The van der Waals surface area contributed by atoms with E-state index in [-0.39, 0.29) is 11.8 Å². The molecule has 1 saturated heterocycles. The Hall–Kier alpha value is -3.13. The summed E-state index contributed by atoms with van der Waals surface area (Å²) in [6.07, 6.45) is 3.37. The van der Waals surface area contributed by atoms with Gasteiger partial charge in [0.05, 0.1) is 35.3 Å². The van der Waals surface area contributed by atoms with E-state index in [1.54, 1.807) is 23.2 Å². The Morgan fingerprint density at radius 3 is 2.71 bits per heavy atom. The maximum absolute atomic E-state index is 13.1. The van der Waals surface area contributed by atoms with E-state index >= 15 is 0 Å². The molecular weight excluding hydrogens is 418 g/mol. The van der Waals surface area contributed by atoms with E-state index in [1.807, 2.05) is 40.8 Å². The Kier molecular flexibility index (Phi) is 4.81. The first-order valence-corrected chi connectivity index (χ1v) is 10.7. The molecule has 5 rings (SSSR count). The van der Waals surface area contributed by atoms with Gasteiger partial charge in [-0.15, -0.1) is 0 Å². The smallest absolute Gasteiger partial charge is 0.255 e. The highest BCUT2D eigenvalue weighted by Crippen LogP contribution is 2.41. The van der Waals surface area contributed by atoms with Crippen molar-refractivity contribution < 1.29 is 14.1 Å². The number of halogens is 1. The van der Waals surface area contributed by atoms with Crippen LogP contribution in [0.5, 0.6) is 0 Å². The second-order valence-corrected chi connectivity index (χ2v) is 8.59. The van der Waals surface area contributed by atoms with Gasteiger partial charge in [-0.05, 0) is 31.9 Å². The summed E-state index contributed by atoms with van der Waals surface area (Å²) in [6.45, 7) is 3.25. The summed E-state index contributed by atoms with van der Waals surface area (Å²) in [4.78, 5) is 29.6. The predicted molar refractivity (Wildman–Crippen MR) is 114 cm³/mol. The van der Waals surface area contributed by atoms with Crippen molar-refractivity contribution >= 4 is 29.2 Å². The molecule has 4 heterocycles. The van der Waals surface area contributed by atoms with Crippen molar-refractivity contribution in [2.45, 2.75) is 38.3 Å². The minimum atomic E-state index is -0.427. The van der Waals surface area contributed by atoms with Crippen LogP contribution < -0.4 is 4.90 Å². The van der Waals surface area contributed by atoms with E-state index in [9.17, 15) is 9.59 Å². The summed E-state index contributed by atoms with van der Waals surface area (Å²) in [5, 5.41) is 9.03. The number of hydrogen-bond acceptors (Lipinski definition) is 5. The topological polar surface area (TPSA) is 84.5 Å². The molecule has 0 radical (unpaired) electrons. The van der Waals surface area contributed by atoms with Gasteiger partial charge in [-0.2, -0.15) is 5.10 Å². The summed E-state index contributed by atoms with van der Waals surface area (Å²) in [5.41, 5.74) is 0.784. The molecule has 0 unspecified atom stereocenters. The molecule has 31 heavy (non-hydrogen) atoms. The number of carbonyl (C=O) groups excluding carboxylic acids is 2. The van der Waals surface area contributed by atoms with Crippen LogP contribution >= 0.6 is 11.6 Å². The number of rotatable bonds is 3. The normalized spacial score (nSPS) is 17.8. The van der Waals surface area contributed by atoms with Crippen LogP contribution in [0.1, 0.15) is 41.1 Å². The SMILES string of the molecule is Cc1cc(CN2C(=O)CC3(CCN(C(=O)c4ccccc4Cl)CC3)n3nccc32)no1. The second-order valence-electron chi connectivity index (χ2n) is 8.18. The highest BCUT2D eigenvalue weighted by molar-refractivity contribution is 6.33. The number of likely N-dealkylation sites (tertiary alicyclic amines) is 1. The molecule has 1 spiro atoms. The number of aryl methyl sites for hydroxylation is 1. The average molecular weight is 440 g/mol. The van der Waals surface area contributed by atoms with E-state index in [0.29, 0.717) is 60.9 Å². The molecule has 2 aliphatic rings. The van der Waals surface area contributed by atoms with Gasteiger partial charge in [-0.3, -0.25) is 14.5 Å². The van der Waals surface area contributed by atoms with Crippen molar-refractivity contribution in [1.29, 1.82) is 0 Å². The van der Waals surface area contributed by atoms with Crippen molar-refractivity contribution in [1.82, 2.24) is 19.8 Å². The molecule has 0 saturated carbocycles. The van der Waals surface area contributed by atoms with Crippen LogP contribution in [0.4, 0.5) is 5.82 Å². The summed E-state index contributed by atoms with van der Waals surface area (Å²) in [5.74, 6) is 1.41. The Bertz CT molecular complexity index is 1150. The number of benzene rings is 1. The van der Waals surface area contributed by atoms with Crippen molar-refractivity contribution in [3.63, 3.8) is 0 Å². The fraction of sp³-hybridized carbons (Fsp3) is 0.364. The molecular formula is C22H22ClN5O3. The molecule has 2 aliphatic heterocycles. The zero-order valence-electron chi connectivity index (χ0n) is 17.1. The lowest BCUT2D eigenvalue weighted by Crippen LogP contribution is -2.54. The molecule has 0 aliphatic carbocycles. The van der Waals surface area contributed by atoms with Crippen LogP contribution in [0, 0.1) is 6.92 Å². The largest absolute Gasteiger partial charge is 0.361 e. The number of hydrogen-bond donors (Lipinski definition) is 0. The number of anilines is 1. The van der Waals surface area contributed by atoms with Crippen LogP contribution in [0.25, 0.3) is 0 Å². The molecule has 2 aromatic heterocycles. The second kappa shape index (κ2) is 7.53. The first-order valence-electron chi connectivity index (χ1n) is 10.3. The monoisotopic (exact) mass is 439 g/mol. The van der Waals surface area contributed by atoms with E-state index in [1.165, 1.54) is 0 Å². The molecule has 9 heteroatoms. The van der Waals surface area contributed by atoms with Crippen molar-refractivity contribution in [3.05, 3.63) is 64.6 Å². The van der Waals surface area contributed by atoms with Gasteiger partial charge in [0.15, 0.2) is 0 Å². The third-order valence-corrected chi connectivity index (χ3v) is 6.54. The number of nitrogens with zero attached hydrogens (tertiary/aromatic N) is 5. The van der Waals surface area contributed by atoms with E-state index < -0.39 is 5.54 Å². The predicted octanol–water partition coefficient (Wildman–Crippen LogP) is 3.40. The van der Waals surface area contributed by atoms with Gasteiger partial charge in [-0.1, -0.05) is 28.9 Å². The molecule has 3 aromatic rings. The Balaban J connectivity index is 1.36. The van der Waals surface area contributed by atoms with Gasteiger partial charge in [0.2, 0.25) is 5.91 Å². The Morgan fingerprint density at radius 1 is 1.23 bits per heavy atom. The summed E-state index contributed by atoms with van der Waals surface area (Å²) < 4.78 is 7.10. The number of aromatic nitrogens is 3. The maximum atomic E-state index is 13.1. The maximum Gasteiger partial charge on any atom is 0.255 e. The minimum absolute atomic E-state index is 0.0273. The van der Waals surface area contributed by atoms with E-state index in [2.05, 4.69) is 10.3 Å². The molecule has 0 bridgehead atoms. The third kappa shape index (κ3) is 3.40. The summed E-state index contributed by atoms with van der Waals surface area (Å²) >= 11 is 6.21. The lowest BCUT2D eigenvalue weighted by atomic mass is 9.82. The number of piperidine rings is 1. The highest BCUT2D eigenvalue weighted by Gasteiger charge is 2.46. The summed E-state index contributed by atoms with van der Waals surface area (Å²) in [6, 6.07) is 10.8. The quantitative estimate of drug-likeness (QED) is 0.624. The molecule has 8 nitrogen and oxygen atoms in total. The number of amides is 2. The van der Waals surface area contributed by atoms with Crippen LogP contribution in [0.2, 0.25) is 5.02 Å². The van der Waals surface area contributed by atoms with Crippen molar-refractivity contribution in [3.8, 4) is 0 Å². The molecule has 1 aromatic carbocycles. The van der Waals surface area contributed by atoms with Gasteiger partial charge in [-0.25, -0.2) is 4.68 Å².